The second-order valence-corrected chi connectivity index (χ2v) is 7.14. The summed E-state index contributed by atoms with van der Waals surface area (Å²) in [4.78, 5) is 7.21. The molecule has 142 valence electrons. The number of rotatable bonds is 8. The normalized spacial score (nSPS) is 17.5. The van der Waals surface area contributed by atoms with E-state index in [9.17, 15) is 0 Å². The van der Waals surface area contributed by atoms with E-state index in [0.717, 1.165) is 62.7 Å². The van der Waals surface area contributed by atoms with Gasteiger partial charge in [0.25, 0.3) is 0 Å². The quantitative estimate of drug-likeness (QED) is 0.238. The molecule has 1 atom stereocenters. The molecule has 1 aliphatic rings. The van der Waals surface area contributed by atoms with Gasteiger partial charge in [-0.25, -0.2) is 0 Å². The fraction of sp³-hybridized carbons (Fsp3) is 0.632. The van der Waals surface area contributed by atoms with E-state index < -0.39 is 0 Å². The number of hydrogen-bond acceptors (Lipinski definition) is 2. The van der Waals surface area contributed by atoms with Gasteiger partial charge in [-0.2, -0.15) is 0 Å². The Kier molecular flexibility index (Phi) is 11.7. The van der Waals surface area contributed by atoms with Gasteiger partial charge in [0.1, 0.15) is 0 Å². The van der Waals surface area contributed by atoms with Crippen molar-refractivity contribution in [3.05, 3.63) is 34.3 Å². The first-order valence-electron chi connectivity index (χ1n) is 9.08. The van der Waals surface area contributed by atoms with Gasteiger partial charge in [0, 0.05) is 43.2 Å². The lowest BCUT2D eigenvalue weighted by Gasteiger charge is -2.21. The van der Waals surface area contributed by atoms with E-state index in [1.165, 1.54) is 12.0 Å². The molecule has 1 aliphatic heterocycles. The van der Waals surface area contributed by atoms with Crippen molar-refractivity contribution in [2.45, 2.75) is 33.1 Å². The third kappa shape index (κ3) is 8.26. The molecule has 0 spiro atoms. The van der Waals surface area contributed by atoms with Crippen LogP contribution in [0, 0.1) is 5.92 Å². The van der Waals surface area contributed by atoms with Crippen LogP contribution in [0.15, 0.2) is 33.7 Å². The first kappa shape index (κ1) is 22.7. The van der Waals surface area contributed by atoms with Gasteiger partial charge in [-0.15, -0.1) is 24.0 Å². The maximum absolute atomic E-state index is 5.57. The Balaban J connectivity index is 0.00000312. The Hall–Kier alpha value is -0.340. The Morgan fingerprint density at radius 2 is 2.24 bits per heavy atom. The summed E-state index contributed by atoms with van der Waals surface area (Å²) in [5.74, 6) is 1.70. The Morgan fingerprint density at radius 3 is 2.96 bits per heavy atom. The number of ether oxygens (including phenoxy) is 1. The maximum Gasteiger partial charge on any atom is 0.193 e. The van der Waals surface area contributed by atoms with E-state index in [2.05, 4.69) is 64.3 Å². The second-order valence-electron chi connectivity index (χ2n) is 6.23. The number of aliphatic imine (C=N–C) groups is 1. The van der Waals surface area contributed by atoms with Crippen LogP contribution >= 0.6 is 39.9 Å². The van der Waals surface area contributed by atoms with Crippen LogP contribution in [0.3, 0.4) is 0 Å². The smallest absolute Gasteiger partial charge is 0.193 e. The molecule has 0 saturated carbocycles. The molecular formula is C19H31BrIN3O. The van der Waals surface area contributed by atoms with Crippen molar-refractivity contribution in [3.63, 3.8) is 0 Å². The molecule has 0 bridgehead atoms. The fourth-order valence-corrected chi connectivity index (χ4v) is 3.48. The maximum atomic E-state index is 5.57. The molecule has 1 fully saturated rings. The third-order valence-electron chi connectivity index (χ3n) is 4.25. The summed E-state index contributed by atoms with van der Waals surface area (Å²) in [5, 5.41) is 3.44. The van der Waals surface area contributed by atoms with Gasteiger partial charge in [0.05, 0.1) is 6.61 Å². The zero-order valence-corrected chi connectivity index (χ0v) is 19.3. The van der Waals surface area contributed by atoms with Gasteiger partial charge in [-0.05, 0) is 50.8 Å². The number of hydrogen-bond donors (Lipinski definition) is 1. The molecule has 2 rings (SSSR count). The molecule has 0 amide bonds. The Bertz CT molecular complexity index is 527. The topological polar surface area (TPSA) is 36.9 Å². The number of benzene rings is 1. The van der Waals surface area contributed by atoms with E-state index in [-0.39, 0.29) is 24.0 Å². The van der Waals surface area contributed by atoms with Gasteiger partial charge in [0.15, 0.2) is 5.96 Å². The van der Waals surface area contributed by atoms with Crippen molar-refractivity contribution in [1.82, 2.24) is 10.2 Å². The Labute approximate surface area is 177 Å². The summed E-state index contributed by atoms with van der Waals surface area (Å²) in [7, 11) is 0. The van der Waals surface area contributed by atoms with Crippen molar-refractivity contribution in [3.8, 4) is 0 Å². The average Bonchev–Trinajstić information content (AvgIpc) is 3.04. The van der Waals surface area contributed by atoms with Gasteiger partial charge >= 0.3 is 0 Å². The van der Waals surface area contributed by atoms with Crippen LogP contribution in [0.1, 0.15) is 32.3 Å². The summed E-state index contributed by atoms with van der Waals surface area (Å²) >= 11 is 3.53. The minimum Gasteiger partial charge on any atom is -0.381 e. The first-order valence-corrected chi connectivity index (χ1v) is 9.87. The predicted molar refractivity (Wildman–Crippen MR) is 120 cm³/mol. The Morgan fingerprint density at radius 1 is 1.40 bits per heavy atom. The molecule has 4 nitrogen and oxygen atoms in total. The van der Waals surface area contributed by atoms with E-state index in [0.29, 0.717) is 5.92 Å². The zero-order chi connectivity index (χ0) is 17.2. The van der Waals surface area contributed by atoms with Crippen LogP contribution < -0.4 is 5.32 Å². The molecule has 6 heteroatoms. The van der Waals surface area contributed by atoms with Crippen molar-refractivity contribution in [2.24, 2.45) is 10.9 Å². The largest absolute Gasteiger partial charge is 0.381 e. The molecular weight excluding hydrogens is 493 g/mol. The lowest BCUT2D eigenvalue weighted by Crippen LogP contribution is -2.40. The van der Waals surface area contributed by atoms with Crippen LogP contribution in [-0.4, -0.2) is 50.3 Å². The van der Waals surface area contributed by atoms with Gasteiger partial charge in [-0.1, -0.05) is 28.1 Å². The SMILES string of the molecule is CCNC(=NCCCc1cccc(Br)c1)N1CCC(COCC)C1.I. The van der Waals surface area contributed by atoms with E-state index in [1.807, 2.05) is 0 Å². The molecule has 1 aromatic carbocycles. The van der Waals surface area contributed by atoms with Crippen molar-refractivity contribution < 1.29 is 4.74 Å². The monoisotopic (exact) mass is 523 g/mol. The highest BCUT2D eigenvalue weighted by atomic mass is 127. The molecule has 1 N–H and O–H groups in total. The molecule has 1 heterocycles. The standard InChI is InChI=1S/C19H30BrN3O.HI/c1-3-21-19(23-12-10-17(14-23)15-24-4-2)22-11-6-8-16-7-5-9-18(20)13-16;/h5,7,9,13,17H,3-4,6,8,10-12,14-15H2,1-2H3,(H,21,22);1H. The summed E-state index contributed by atoms with van der Waals surface area (Å²) < 4.78 is 6.72. The highest BCUT2D eigenvalue weighted by Gasteiger charge is 2.24. The molecule has 1 unspecified atom stereocenters. The van der Waals surface area contributed by atoms with Crippen LogP contribution in [0.2, 0.25) is 0 Å². The number of guanidine groups is 1. The second kappa shape index (κ2) is 12.9. The lowest BCUT2D eigenvalue weighted by molar-refractivity contribution is 0.114. The van der Waals surface area contributed by atoms with Crippen LogP contribution in [0.25, 0.3) is 0 Å². The molecule has 1 aromatic rings. The van der Waals surface area contributed by atoms with Gasteiger partial charge < -0.3 is 15.0 Å². The molecule has 0 aromatic heterocycles. The first-order chi connectivity index (χ1) is 11.7. The van der Waals surface area contributed by atoms with E-state index >= 15 is 0 Å². The summed E-state index contributed by atoms with van der Waals surface area (Å²) in [6, 6.07) is 8.53. The minimum absolute atomic E-state index is 0. The van der Waals surface area contributed by atoms with E-state index in [4.69, 9.17) is 9.73 Å². The number of aryl methyl sites for hydroxylation is 1. The van der Waals surface area contributed by atoms with Gasteiger partial charge in [0.2, 0.25) is 0 Å². The number of nitrogens with zero attached hydrogens (tertiary/aromatic N) is 2. The number of nitrogens with one attached hydrogen (secondary N) is 1. The summed E-state index contributed by atoms with van der Waals surface area (Å²) in [5.41, 5.74) is 1.36. The molecule has 1 saturated heterocycles. The van der Waals surface area contributed by atoms with Crippen LogP contribution in [0.5, 0.6) is 0 Å². The van der Waals surface area contributed by atoms with Gasteiger partial charge in [-0.3, -0.25) is 4.99 Å². The highest BCUT2D eigenvalue weighted by Crippen LogP contribution is 2.17. The molecule has 0 radical (unpaired) electrons. The summed E-state index contributed by atoms with van der Waals surface area (Å²) in [6.45, 7) is 9.77. The minimum atomic E-state index is 0. The fourth-order valence-electron chi connectivity index (χ4n) is 3.03. The summed E-state index contributed by atoms with van der Waals surface area (Å²) in [6.07, 6.45) is 3.33. The lowest BCUT2D eigenvalue weighted by atomic mass is 10.1. The van der Waals surface area contributed by atoms with Crippen molar-refractivity contribution in [2.75, 3.05) is 39.4 Å². The third-order valence-corrected chi connectivity index (χ3v) is 4.75. The van der Waals surface area contributed by atoms with Crippen LogP contribution in [-0.2, 0) is 11.2 Å². The van der Waals surface area contributed by atoms with Crippen molar-refractivity contribution >= 4 is 45.9 Å². The van der Waals surface area contributed by atoms with E-state index in [1.54, 1.807) is 0 Å². The molecule has 0 aliphatic carbocycles. The van der Waals surface area contributed by atoms with Crippen molar-refractivity contribution in [1.29, 1.82) is 0 Å². The number of likely N-dealkylation sites (tertiary alicyclic amines) is 1. The average molecular weight is 524 g/mol. The molecule has 25 heavy (non-hydrogen) atoms. The predicted octanol–water partition coefficient (Wildman–Crippen LogP) is 4.32. The zero-order valence-electron chi connectivity index (χ0n) is 15.3. The highest BCUT2D eigenvalue weighted by molar-refractivity contribution is 14.0. The van der Waals surface area contributed by atoms with Crippen LogP contribution in [0.4, 0.5) is 0 Å². The number of halogens is 2.